The smallest absolute Gasteiger partial charge is 0.335 e. The van der Waals surface area contributed by atoms with Crippen LogP contribution >= 0.6 is 15.9 Å². The van der Waals surface area contributed by atoms with Crippen molar-refractivity contribution in [2.75, 3.05) is 0 Å². The fourth-order valence-electron chi connectivity index (χ4n) is 2.48. The second-order valence-corrected chi connectivity index (χ2v) is 5.42. The van der Waals surface area contributed by atoms with E-state index in [9.17, 15) is 4.79 Å². The van der Waals surface area contributed by atoms with Gasteiger partial charge < -0.3 is 9.67 Å². The first-order chi connectivity index (χ1) is 9.16. The SMILES string of the molecule is O=C(O)c1ccc(-c2nc(Br)c3n2CCCC3)cc1. The predicted octanol–water partition coefficient (Wildman–Crippen LogP) is 3.35. The lowest BCUT2D eigenvalue weighted by atomic mass is 10.1. The number of carboxylic acids is 1. The molecule has 0 aliphatic carbocycles. The minimum Gasteiger partial charge on any atom is -0.478 e. The molecule has 0 fully saturated rings. The van der Waals surface area contributed by atoms with Crippen molar-refractivity contribution in [3.05, 3.63) is 40.1 Å². The van der Waals surface area contributed by atoms with Gasteiger partial charge in [-0.2, -0.15) is 0 Å². The molecular formula is C14H13BrN2O2. The molecule has 19 heavy (non-hydrogen) atoms. The quantitative estimate of drug-likeness (QED) is 0.923. The third-order valence-corrected chi connectivity index (χ3v) is 4.09. The number of rotatable bonds is 2. The highest BCUT2D eigenvalue weighted by molar-refractivity contribution is 9.10. The maximum Gasteiger partial charge on any atom is 0.335 e. The average molecular weight is 321 g/mol. The van der Waals surface area contributed by atoms with Gasteiger partial charge in [0.15, 0.2) is 0 Å². The van der Waals surface area contributed by atoms with E-state index in [0.717, 1.165) is 35.4 Å². The van der Waals surface area contributed by atoms with Crippen LogP contribution < -0.4 is 0 Å². The summed E-state index contributed by atoms with van der Waals surface area (Å²) in [5.41, 5.74) is 2.50. The highest BCUT2D eigenvalue weighted by Crippen LogP contribution is 2.30. The molecule has 3 rings (SSSR count). The highest BCUT2D eigenvalue weighted by atomic mass is 79.9. The van der Waals surface area contributed by atoms with Crippen molar-refractivity contribution in [1.29, 1.82) is 0 Å². The van der Waals surface area contributed by atoms with Crippen LogP contribution in [0.2, 0.25) is 0 Å². The Morgan fingerprint density at radius 2 is 2.00 bits per heavy atom. The molecule has 5 heteroatoms. The zero-order valence-electron chi connectivity index (χ0n) is 10.3. The van der Waals surface area contributed by atoms with Crippen LogP contribution in [0.1, 0.15) is 28.9 Å². The van der Waals surface area contributed by atoms with Gasteiger partial charge in [-0.25, -0.2) is 9.78 Å². The summed E-state index contributed by atoms with van der Waals surface area (Å²) in [4.78, 5) is 15.4. The maximum atomic E-state index is 10.9. The van der Waals surface area contributed by atoms with Gasteiger partial charge in [-0.05, 0) is 47.3 Å². The number of aromatic carboxylic acids is 1. The van der Waals surface area contributed by atoms with Crippen molar-refractivity contribution >= 4 is 21.9 Å². The van der Waals surface area contributed by atoms with Gasteiger partial charge in [-0.15, -0.1) is 0 Å². The van der Waals surface area contributed by atoms with Crippen LogP contribution in [0.25, 0.3) is 11.4 Å². The zero-order valence-corrected chi connectivity index (χ0v) is 11.9. The van der Waals surface area contributed by atoms with Crippen LogP contribution in [0.3, 0.4) is 0 Å². The van der Waals surface area contributed by atoms with E-state index in [0.29, 0.717) is 5.56 Å². The number of nitrogens with zero attached hydrogens (tertiary/aromatic N) is 2. The molecule has 0 atom stereocenters. The number of carboxylic acid groups (broad SMARTS) is 1. The molecule has 1 aliphatic rings. The van der Waals surface area contributed by atoms with Crippen molar-refractivity contribution in [3.8, 4) is 11.4 Å². The fourth-order valence-corrected chi connectivity index (χ4v) is 3.06. The summed E-state index contributed by atoms with van der Waals surface area (Å²) >= 11 is 3.51. The molecule has 4 nitrogen and oxygen atoms in total. The van der Waals surface area contributed by atoms with E-state index in [1.807, 2.05) is 12.1 Å². The first-order valence-electron chi connectivity index (χ1n) is 6.25. The van der Waals surface area contributed by atoms with E-state index in [4.69, 9.17) is 5.11 Å². The number of aromatic nitrogens is 2. The van der Waals surface area contributed by atoms with Crippen molar-refractivity contribution < 1.29 is 9.90 Å². The van der Waals surface area contributed by atoms with E-state index in [1.54, 1.807) is 12.1 Å². The second kappa shape index (κ2) is 4.81. The Hall–Kier alpha value is -1.62. The Kier molecular flexibility index (Phi) is 3.14. The van der Waals surface area contributed by atoms with Crippen LogP contribution in [0.15, 0.2) is 28.9 Å². The molecule has 2 heterocycles. The number of halogens is 1. The van der Waals surface area contributed by atoms with Gasteiger partial charge in [0.05, 0.1) is 11.3 Å². The molecule has 1 aromatic carbocycles. The van der Waals surface area contributed by atoms with E-state index >= 15 is 0 Å². The molecule has 1 aliphatic heterocycles. The van der Waals surface area contributed by atoms with Crippen LogP contribution in [0.4, 0.5) is 0 Å². The summed E-state index contributed by atoms with van der Waals surface area (Å²) in [7, 11) is 0. The van der Waals surface area contributed by atoms with Gasteiger partial charge >= 0.3 is 5.97 Å². The minimum absolute atomic E-state index is 0.299. The summed E-state index contributed by atoms with van der Waals surface area (Å²) < 4.78 is 3.13. The van der Waals surface area contributed by atoms with Gasteiger partial charge in [0.2, 0.25) is 0 Å². The van der Waals surface area contributed by atoms with Crippen LogP contribution in [0, 0.1) is 0 Å². The molecule has 0 spiro atoms. The largest absolute Gasteiger partial charge is 0.478 e. The molecule has 2 aromatic rings. The highest BCUT2D eigenvalue weighted by Gasteiger charge is 2.19. The Balaban J connectivity index is 2.04. The molecule has 1 aromatic heterocycles. The topological polar surface area (TPSA) is 55.1 Å². The lowest BCUT2D eigenvalue weighted by Crippen LogP contribution is -2.11. The number of imidazole rings is 1. The molecule has 0 saturated heterocycles. The third-order valence-electron chi connectivity index (χ3n) is 3.46. The summed E-state index contributed by atoms with van der Waals surface area (Å²) in [5.74, 6) is 0.0105. The molecule has 0 saturated carbocycles. The number of fused-ring (bicyclic) bond motifs is 1. The minimum atomic E-state index is -0.905. The molecule has 1 N–H and O–H groups in total. The third kappa shape index (κ3) is 2.18. The summed E-state index contributed by atoms with van der Waals surface area (Å²) in [6.45, 7) is 0.976. The first-order valence-corrected chi connectivity index (χ1v) is 7.05. The second-order valence-electron chi connectivity index (χ2n) is 4.66. The molecule has 0 bridgehead atoms. The molecule has 0 unspecified atom stereocenters. The molecule has 0 radical (unpaired) electrons. The molecule has 0 amide bonds. The lowest BCUT2D eigenvalue weighted by molar-refractivity contribution is 0.0697. The Morgan fingerprint density at radius 3 is 2.68 bits per heavy atom. The van der Waals surface area contributed by atoms with Gasteiger partial charge in [0, 0.05) is 12.1 Å². The fraction of sp³-hybridized carbons (Fsp3) is 0.286. The summed E-state index contributed by atoms with van der Waals surface area (Å²) in [6.07, 6.45) is 3.40. The summed E-state index contributed by atoms with van der Waals surface area (Å²) in [5, 5.41) is 8.91. The van der Waals surface area contributed by atoms with E-state index < -0.39 is 5.97 Å². The molecule has 98 valence electrons. The Labute approximate surface area is 119 Å². The van der Waals surface area contributed by atoms with Gasteiger partial charge in [0.1, 0.15) is 10.4 Å². The van der Waals surface area contributed by atoms with Crippen LogP contribution in [-0.4, -0.2) is 20.6 Å². The Morgan fingerprint density at radius 1 is 1.26 bits per heavy atom. The van der Waals surface area contributed by atoms with Crippen LogP contribution in [-0.2, 0) is 13.0 Å². The van der Waals surface area contributed by atoms with E-state index in [2.05, 4.69) is 25.5 Å². The number of hydrogen-bond donors (Lipinski definition) is 1. The number of benzene rings is 1. The monoisotopic (exact) mass is 320 g/mol. The Bertz CT molecular complexity index is 632. The molecular weight excluding hydrogens is 308 g/mol. The average Bonchev–Trinajstić information content (AvgIpc) is 2.77. The zero-order chi connectivity index (χ0) is 13.4. The van der Waals surface area contributed by atoms with E-state index in [1.165, 1.54) is 12.1 Å². The normalized spacial score (nSPS) is 14.2. The number of carbonyl (C=O) groups is 1. The summed E-state index contributed by atoms with van der Waals surface area (Å²) in [6, 6.07) is 6.88. The van der Waals surface area contributed by atoms with Crippen molar-refractivity contribution in [1.82, 2.24) is 9.55 Å². The van der Waals surface area contributed by atoms with Crippen molar-refractivity contribution in [3.63, 3.8) is 0 Å². The standard InChI is InChI=1S/C14H13BrN2O2/c15-12-11-3-1-2-8-17(11)13(16-12)9-4-6-10(7-5-9)14(18)19/h4-7H,1-3,8H2,(H,18,19). The predicted molar refractivity (Wildman–Crippen MR) is 75.3 cm³/mol. The maximum absolute atomic E-state index is 10.9. The first kappa shape index (κ1) is 12.4. The van der Waals surface area contributed by atoms with E-state index in [-0.39, 0.29) is 0 Å². The van der Waals surface area contributed by atoms with Gasteiger partial charge in [-0.3, -0.25) is 0 Å². The van der Waals surface area contributed by atoms with Crippen molar-refractivity contribution in [2.24, 2.45) is 0 Å². The number of hydrogen-bond acceptors (Lipinski definition) is 2. The van der Waals surface area contributed by atoms with Gasteiger partial charge in [-0.1, -0.05) is 12.1 Å². The van der Waals surface area contributed by atoms with Crippen molar-refractivity contribution in [2.45, 2.75) is 25.8 Å². The lowest BCUT2D eigenvalue weighted by Gasteiger charge is -2.16. The van der Waals surface area contributed by atoms with Gasteiger partial charge in [0.25, 0.3) is 0 Å². The van der Waals surface area contributed by atoms with Crippen LogP contribution in [0.5, 0.6) is 0 Å².